The second-order valence-electron chi connectivity index (χ2n) is 7.43. The third-order valence-corrected chi connectivity index (χ3v) is 5.32. The summed E-state index contributed by atoms with van der Waals surface area (Å²) in [7, 11) is 1.62. The van der Waals surface area contributed by atoms with Crippen molar-refractivity contribution in [2.24, 2.45) is 0 Å². The molecule has 4 heteroatoms. The molecule has 0 unspecified atom stereocenters. The van der Waals surface area contributed by atoms with Crippen molar-refractivity contribution >= 4 is 11.8 Å². The molecule has 0 radical (unpaired) electrons. The average molecular weight is 401 g/mol. The SMILES string of the molecule is CNC(=O)[C@H](Cc1ccccc1)N(Cc1ccccc1)C(=O)Cc1ccccc1C. The highest BCUT2D eigenvalue weighted by atomic mass is 16.2. The van der Waals surface area contributed by atoms with E-state index in [0.717, 1.165) is 22.3 Å². The molecule has 3 rings (SSSR count). The summed E-state index contributed by atoms with van der Waals surface area (Å²) in [4.78, 5) is 28.0. The summed E-state index contributed by atoms with van der Waals surface area (Å²) in [6, 6.07) is 26.9. The quantitative estimate of drug-likeness (QED) is 0.623. The first-order valence-electron chi connectivity index (χ1n) is 10.2. The first kappa shape index (κ1) is 21.3. The van der Waals surface area contributed by atoms with E-state index in [1.54, 1.807) is 11.9 Å². The molecule has 3 aromatic carbocycles. The highest BCUT2D eigenvalue weighted by Gasteiger charge is 2.29. The van der Waals surface area contributed by atoms with Gasteiger partial charge in [0.25, 0.3) is 0 Å². The smallest absolute Gasteiger partial charge is 0.242 e. The zero-order valence-corrected chi connectivity index (χ0v) is 17.5. The topological polar surface area (TPSA) is 49.4 Å². The van der Waals surface area contributed by atoms with Crippen LogP contribution in [0.4, 0.5) is 0 Å². The minimum absolute atomic E-state index is 0.0577. The monoisotopic (exact) mass is 400 g/mol. The summed E-state index contributed by atoms with van der Waals surface area (Å²) in [6.07, 6.45) is 0.731. The molecule has 4 nitrogen and oxygen atoms in total. The van der Waals surface area contributed by atoms with E-state index in [2.05, 4.69) is 5.32 Å². The Morgan fingerprint density at radius 1 is 0.833 bits per heavy atom. The van der Waals surface area contributed by atoms with Gasteiger partial charge in [-0.3, -0.25) is 9.59 Å². The van der Waals surface area contributed by atoms with Crippen LogP contribution in [0.3, 0.4) is 0 Å². The van der Waals surface area contributed by atoms with E-state index in [-0.39, 0.29) is 18.2 Å². The molecular formula is C26H28N2O2. The summed E-state index contributed by atoms with van der Waals surface area (Å²) in [5.41, 5.74) is 4.08. The Kier molecular flexibility index (Phi) is 7.39. The zero-order chi connectivity index (χ0) is 21.3. The molecule has 0 aliphatic carbocycles. The summed E-state index contributed by atoms with van der Waals surface area (Å²) in [6.45, 7) is 2.39. The second-order valence-corrected chi connectivity index (χ2v) is 7.43. The number of aryl methyl sites for hydroxylation is 1. The minimum atomic E-state index is -0.589. The Bertz CT molecular complexity index is 971. The number of likely N-dealkylation sites (N-methyl/N-ethyl adjacent to an activating group) is 1. The number of hydrogen-bond acceptors (Lipinski definition) is 2. The molecule has 0 aliphatic heterocycles. The van der Waals surface area contributed by atoms with E-state index in [1.807, 2.05) is 91.9 Å². The number of amides is 2. The first-order chi connectivity index (χ1) is 14.6. The van der Waals surface area contributed by atoms with E-state index in [1.165, 1.54) is 0 Å². The standard InChI is InChI=1S/C26H28N2O2/c1-20-11-9-10-16-23(20)18-25(29)28(19-22-14-7-4-8-15-22)24(26(30)27-2)17-21-12-5-3-6-13-21/h3-16,24H,17-19H2,1-2H3,(H,27,30)/t24-/m0/s1. The minimum Gasteiger partial charge on any atom is -0.357 e. The molecule has 154 valence electrons. The van der Waals surface area contributed by atoms with E-state index in [0.29, 0.717) is 13.0 Å². The second kappa shape index (κ2) is 10.4. The van der Waals surface area contributed by atoms with Crippen LogP contribution < -0.4 is 5.32 Å². The van der Waals surface area contributed by atoms with E-state index >= 15 is 0 Å². The van der Waals surface area contributed by atoms with Gasteiger partial charge in [-0.2, -0.15) is 0 Å². The fourth-order valence-corrected chi connectivity index (χ4v) is 3.57. The summed E-state index contributed by atoms with van der Waals surface area (Å²) in [5, 5.41) is 2.75. The first-order valence-corrected chi connectivity index (χ1v) is 10.2. The van der Waals surface area contributed by atoms with Crippen LogP contribution in [0.25, 0.3) is 0 Å². The molecule has 0 aliphatic rings. The summed E-state index contributed by atoms with van der Waals surface area (Å²) >= 11 is 0. The van der Waals surface area contributed by atoms with Crippen molar-refractivity contribution in [2.45, 2.75) is 32.4 Å². The number of rotatable bonds is 8. The highest BCUT2D eigenvalue weighted by Crippen LogP contribution is 2.17. The number of carbonyl (C=O) groups excluding carboxylic acids is 2. The van der Waals surface area contributed by atoms with Crippen LogP contribution >= 0.6 is 0 Å². The van der Waals surface area contributed by atoms with Crippen LogP contribution in [-0.2, 0) is 29.0 Å². The normalized spacial score (nSPS) is 11.5. The maximum Gasteiger partial charge on any atom is 0.242 e. The van der Waals surface area contributed by atoms with Crippen molar-refractivity contribution in [3.63, 3.8) is 0 Å². The van der Waals surface area contributed by atoms with Crippen molar-refractivity contribution in [3.05, 3.63) is 107 Å². The van der Waals surface area contributed by atoms with E-state index in [9.17, 15) is 9.59 Å². The molecule has 2 amide bonds. The van der Waals surface area contributed by atoms with Crippen molar-refractivity contribution in [2.75, 3.05) is 7.05 Å². The van der Waals surface area contributed by atoms with Gasteiger partial charge in [-0.25, -0.2) is 0 Å². The Hall–Kier alpha value is -3.40. The molecule has 1 atom stereocenters. The molecule has 0 fully saturated rings. The molecule has 1 N–H and O–H groups in total. The zero-order valence-electron chi connectivity index (χ0n) is 17.5. The maximum atomic E-state index is 13.5. The fourth-order valence-electron chi connectivity index (χ4n) is 3.57. The Morgan fingerprint density at radius 3 is 2.00 bits per heavy atom. The van der Waals surface area contributed by atoms with Crippen LogP contribution in [0.5, 0.6) is 0 Å². The van der Waals surface area contributed by atoms with Crippen LogP contribution in [0.1, 0.15) is 22.3 Å². The lowest BCUT2D eigenvalue weighted by atomic mass is 10.0. The predicted octanol–water partition coefficient (Wildman–Crippen LogP) is 3.92. The van der Waals surface area contributed by atoms with Gasteiger partial charge in [0.2, 0.25) is 11.8 Å². The summed E-state index contributed by atoms with van der Waals surface area (Å²) in [5.74, 6) is -0.217. The van der Waals surface area contributed by atoms with Gasteiger partial charge in [-0.15, -0.1) is 0 Å². The van der Waals surface area contributed by atoms with Gasteiger partial charge in [0.05, 0.1) is 6.42 Å². The van der Waals surface area contributed by atoms with E-state index in [4.69, 9.17) is 0 Å². The highest BCUT2D eigenvalue weighted by molar-refractivity contribution is 5.88. The summed E-state index contributed by atoms with van der Waals surface area (Å²) < 4.78 is 0. The third kappa shape index (κ3) is 5.57. The van der Waals surface area contributed by atoms with Crippen LogP contribution in [0, 0.1) is 6.92 Å². The number of benzene rings is 3. The van der Waals surface area contributed by atoms with Crippen LogP contribution in [0.2, 0.25) is 0 Å². The molecule has 0 saturated carbocycles. The van der Waals surface area contributed by atoms with Crippen molar-refractivity contribution < 1.29 is 9.59 Å². The van der Waals surface area contributed by atoms with Gasteiger partial charge in [-0.1, -0.05) is 84.9 Å². The van der Waals surface area contributed by atoms with Gasteiger partial charge in [-0.05, 0) is 29.2 Å². The molecule has 0 spiro atoms. The Balaban J connectivity index is 1.93. The molecule has 30 heavy (non-hydrogen) atoms. The molecule has 0 aromatic heterocycles. The molecule has 0 saturated heterocycles. The largest absolute Gasteiger partial charge is 0.357 e. The van der Waals surface area contributed by atoms with Gasteiger partial charge < -0.3 is 10.2 Å². The van der Waals surface area contributed by atoms with Crippen LogP contribution in [-0.4, -0.2) is 29.8 Å². The lowest BCUT2D eigenvalue weighted by molar-refractivity contribution is -0.140. The lowest BCUT2D eigenvalue weighted by Crippen LogP contribution is -2.50. The number of nitrogens with zero attached hydrogens (tertiary/aromatic N) is 1. The number of hydrogen-bond donors (Lipinski definition) is 1. The number of carbonyl (C=O) groups is 2. The van der Waals surface area contributed by atoms with Crippen molar-refractivity contribution in [1.29, 1.82) is 0 Å². The Morgan fingerprint density at radius 2 is 1.40 bits per heavy atom. The molecular weight excluding hydrogens is 372 g/mol. The molecule has 0 heterocycles. The Labute approximate surface area is 178 Å². The molecule has 0 bridgehead atoms. The number of nitrogens with one attached hydrogen (secondary N) is 1. The average Bonchev–Trinajstić information content (AvgIpc) is 2.78. The third-order valence-electron chi connectivity index (χ3n) is 5.32. The van der Waals surface area contributed by atoms with Gasteiger partial charge in [0.1, 0.15) is 6.04 Å². The van der Waals surface area contributed by atoms with Crippen molar-refractivity contribution in [3.8, 4) is 0 Å². The van der Waals surface area contributed by atoms with Crippen LogP contribution in [0.15, 0.2) is 84.9 Å². The fraction of sp³-hybridized carbons (Fsp3) is 0.231. The van der Waals surface area contributed by atoms with E-state index < -0.39 is 6.04 Å². The van der Waals surface area contributed by atoms with Gasteiger partial charge >= 0.3 is 0 Å². The van der Waals surface area contributed by atoms with Gasteiger partial charge in [0, 0.05) is 20.0 Å². The molecule has 3 aromatic rings. The van der Waals surface area contributed by atoms with Crippen molar-refractivity contribution in [1.82, 2.24) is 10.2 Å². The maximum absolute atomic E-state index is 13.5. The predicted molar refractivity (Wildman–Crippen MR) is 120 cm³/mol. The van der Waals surface area contributed by atoms with Gasteiger partial charge in [0.15, 0.2) is 0 Å². The lowest BCUT2D eigenvalue weighted by Gasteiger charge is -2.31.